The van der Waals surface area contributed by atoms with Crippen molar-refractivity contribution in [2.45, 2.75) is 32.6 Å². The molecule has 2 N–H and O–H groups in total. The van der Waals surface area contributed by atoms with E-state index in [-0.39, 0.29) is 28.5 Å². The van der Waals surface area contributed by atoms with Crippen molar-refractivity contribution < 1.29 is 19.8 Å². The minimum absolute atomic E-state index is 0.0350. The summed E-state index contributed by atoms with van der Waals surface area (Å²) in [7, 11) is 0. The number of rotatable bonds is 1. The molecule has 5 heteroatoms. The third-order valence-corrected chi connectivity index (χ3v) is 6.19. The Labute approximate surface area is 168 Å². The Morgan fingerprint density at radius 2 is 1.69 bits per heavy atom. The molecule has 2 aromatic rings. The molecule has 0 bridgehead atoms. The van der Waals surface area contributed by atoms with Crippen molar-refractivity contribution in [3.05, 3.63) is 64.7 Å². The van der Waals surface area contributed by atoms with E-state index in [0.717, 1.165) is 11.3 Å². The standard InChI is InChI=1S/C24H21NO4/c1-24(2)10-16-20(18(28)11-24)19(15-8-7-12(26)9-17(15)27)21-22(25-16)13-5-3-4-6-14(13)23(21)29/h3-9,19-20,26-27H,10-11H2,1-2H3/t19-,20?/m0/s1. The van der Waals surface area contributed by atoms with Gasteiger partial charge in [-0.15, -0.1) is 0 Å². The van der Waals surface area contributed by atoms with Crippen molar-refractivity contribution in [1.82, 2.24) is 0 Å². The van der Waals surface area contributed by atoms with E-state index in [1.807, 2.05) is 32.0 Å². The number of aliphatic imine (C=N–C) groups is 1. The van der Waals surface area contributed by atoms with Gasteiger partial charge in [-0.25, -0.2) is 0 Å². The highest BCUT2D eigenvalue weighted by molar-refractivity contribution is 6.25. The number of allylic oxidation sites excluding steroid dienone is 1. The van der Waals surface area contributed by atoms with Crippen molar-refractivity contribution >= 4 is 23.0 Å². The van der Waals surface area contributed by atoms with Crippen molar-refractivity contribution in [3.63, 3.8) is 0 Å². The summed E-state index contributed by atoms with van der Waals surface area (Å²) < 4.78 is 0. The number of aromatic hydroxyl groups is 2. The number of phenols is 2. The average Bonchev–Trinajstić information content (AvgIpc) is 2.92. The van der Waals surface area contributed by atoms with Crippen LogP contribution in [0.4, 0.5) is 0 Å². The Morgan fingerprint density at radius 3 is 2.41 bits per heavy atom. The second kappa shape index (κ2) is 5.89. The molecule has 1 aliphatic heterocycles. The van der Waals surface area contributed by atoms with Gasteiger partial charge in [-0.05, 0) is 17.9 Å². The largest absolute Gasteiger partial charge is 0.508 e. The van der Waals surface area contributed by atoms with Crippen LogP contribution in [0.5, 0.6) is 11.5 Å². The summed E-state index contributed by atoms with van der Waals surface area (Å²) in [5, 5.41) is 20.3. The van der Waals surface area contributed by atoms with E-state index >= 15 is 0 Å². The molecule has 29 heavy (non-hydrogen) atoms. The lowest BCUT2D eigenvalue weighted by atomic mass is 9.63. The van der Waals surface area contributed by atoms with Crippen LogP contribution in [-0.4, -0.2) is 27.5 Å². The summed E-state index contributed by atoms with van der Waals surface area (Å²) in [6.07, 6.45) is 1.06. The Morgan fingerprint density at radius 1 is 0.966 bits per heavy atom. The van der Waals surface area contributed by atoms with Crippen LogP contribution < -0.4 is 0 Å². The maximum Gasteiger partial charge on any atom is 0.192 e. The van der Waals surface area contributed by atoms with Crippen LogP contribution in [0, 0.1) is 11.3 Å². The smallest absolute Gasteiger partial charge is 0.192 e. The lowest BCUT2D eigenvalue weighted by Gasteiger charge is -2.40. The van der Waals surface area contributed by atoms with Crippen molar-refractivity contribution in [3.8, 4) is 11.5 Å². The Balaban J connectivity index is 1.78. The van der Waals surface area contributed by atoms with Gasteiger partial charge in [-0.1, -0.05) is 44.2 Å². The topological polar surface area (TPSA) is 87.0 Å². The van der Waals surface area contributed by atoms with Gasteiger partial charge in [0, 0.05) is 46.4 Å². The lowest BCUT2D eigenvalue weighted by molar-refractivity contribution is -0.124. The number of carbonyl (C=O) groups is 2. The highest BCUT2D eigenvalue weighted by Crippen LogP contribution is 2.53. The average molecular weight is 387 g/mol. The molecule has 3 aliphatic rings. The second-order valence-electron chi connectivity index (χ2n) is 8.92. The number of fused-ring (bicyclic) bond motifs is 3. The number of phenolic OH excluding ortho intramolecular Hbond substituents is 2. The predicted octanol–water partition coefficient (Wildman–Crippen LogP) is 4.25. The van der Waals surface area contributed by atoms with Gasteiger partial charge in [-0.2, -0.15) is 0 Å². The Bertz CT molecular complexity index is 1160. The zero-order valence-electron chi connectivity index (χ0n) is 16.3. The summed E-state index contributed by atoms with van der Waals surface area (Å²) in [6, 6.07) is 11.7. The molecule has 5 rings (SSSR count). The molecule has 0 aromatic heterocycles. The van der Waals surface area contributed by atoms with Gasteiger partial charge in [0.25, 0.3) is 0 Å². The van der Waals surface area contributed by atoms with Gasteiger partial charge < -0.3 is 10.2 Å². The van der Waals surface area contributed by atoms with Crippen molar-refractivity contribution in [1.29, 1.82) is 0 Å². The fourth-order valence-electron chi connectivity index (χ4n) is 5.05. The van der Waals surface area contributed by atoms with Crippen molar-refractivity contribution in [2.24, 2.45) is 16.3 Å². The maximum absolute atomic E-state index is 13.3. The predicted molar refractivity (Wildman–Crippen MR) is 109 cm³/mol. The molecule has 1 heterocycles. The van der Waals surface area contributed by atoms with Crippen LogP contribution in [0.1, 0.15) is 54.1 Å². The molecular weight excluding hydrogens is 366 g/mol. The van der Waals surface area contributed by atoms with Gasteiger partial charge in [-0.3, -0.25) is 14.6 Å². The monoisotopic (exact) mass is 387 g/mol. The summed E-state index contributed by atoms with van der Waals surface area (Å²) >= 11 is 0. The summed E-state index contributed by atoms with van der Waals surface area (Å²) in [5.41, 5.74) is 3.48. The Kier molecular flexibility index (Phi) is 3.63. The third kappa shape index (κ3) is 2.57. The first kappa shape index (κ1) is 17.9. The minimum Gasteiger partial charge on any atom is -0.508 e. The van der Waals surface area contributed by atoms with E-state index in [4.69, 9.17) is 4.99 Å². The molecule has 2 aromatic carbocycles. The summed E-state index contributed by atoms with van der Waals surface area (Å²) in [4.78, 5) is 31.4. The number of hydrogen-bond acceptors (Lipinski definition) is 5. The first-order valence-corrected chi connectivity index (χ1v) is 9.77. The first-order valence-electron chi connectivity index (χ1n) is 9.77. The molecule has 1 saturated carbocycles. The molecule has 0 radical (unpaired) electrons. The summed E-state index contributed by atoms with van der Waals surface area (Å²) in [5.74, 6) is -1.48. The minimum atomic E-state index is -0.610. The van der Waals surface area contributed by atoms with E-state index in [1.165, 1.54) is 12.1 Å². The highest BCUT2D eigenvalue weighted by atomic mass is 16.3. The van der Waals surface area contributed by atoms with Crippen LogP contribution in [-0.2, 0) is 4.79 Å². The first-order chi connectivity index (χ1) is 13.8. The van der Waals surface area contributed by atoms with Gasteiger partial charge in [0.1, 0.15) is 17.3 Å². The van der Waals surface area contributed by atoms with E-state index < -0.39 is 11.8 Å². The lowest BCUT2D eigenvalue weighted by Crippen LogP contribution is -2.43. The number of Topliss-reactive ketones (excluding diaryl/α,β-unsaturated/α-hetero) is 2. The van der Waals surface area contributed by atoms with Gasteiger partial charge in [0.2, 0.25) is 0 Å². The normalized spacial score (nSPS) is 24.7. The van der Waals surface area contributed by atoms with Crippen LogP contribution in [0.25, 0.3) is 5.70 Å². The molecule has 1 unspecified atom stereocenters. The zero-order chi connectivity index (χ0) is 20.5. The quantitative estimate of drug-likeness (QED) is 0.766. The zero-order valence-corrected chi connectivity index (χ0v) is 16.3. The van der Waals surface area contributed by atoms with E-state index in [2.05, 4.69) is 0 Å². The van der Waals surface area contributed by atoms with E-state index in [0.29, 0.717) is 35.2 Å². The molecule has 146 valence electrons. The Hall–Kier alpha value is -3.21. The number of benzene rings is 2. The molecular formula is C24H21NO4. The van der Waals surface area contributed by atoms with Crippen LogP contribution >= 0.6 is 0 Å². The van der Waals surface area contributed by atoms with Gasteiger partial charge in [0.15, 0.2) is 5.78 Å². The van der Waals surface area contributed by atoms with Crippen LogP contribution in [0.3, 0.4) is 0 Å². The van der Waals surface area contributed by atoms with E-state index in [9.17, 15) is 19.8 Å². The SMILES string of the molecule is CC1(C)CC(=O)C2C(=NC3=C(C(=O)c4ccccc43)[C@H]2c2ccc(O)cc2O)C1. The molecule has 2 aliphatic carbocycles. The van der Waals surface area contributed by atoms with Crippen LogP contribution in [0.2, 0.25) is 0 Å². The number of nitrogens with zero attached hydrogens (tertiary/aromatic N) is 1. The molecule has 2 atom stereocenters. The number of carbonyl (C=O) groups excluding carboxylic acids is 2. The fraction of sp³-hybridized carbons (Fsp3) is 0.292. The molecule has 1 fully saturated rings. The number of hydrogen-bond donors (Lipinski definition) is 2. The van der Waals surface area contributed by atoms with Gasteiger partial charge >= 0.3 is 0 Å². The number of ketones is 2. The van der Waals surface area contributed by atoms with Crippen molar-refractivity contribution in [2.75, 3.05) is 0 Å². The molecule has 0 spiro atoms. The summed E-state index contributed by atoms with van der Waals surface area (Å²) in [6.45, 7) is 4.10. The molecule has 5 nitrogen and oxygen atoms in total. The molecule has 0 saturated heterocycles. The highest BCUT2D eigenvalue weighted by Gasteiger charge is 2.50. The van der Waals surface area contributed by atoms with Crippen LogP contribution in [0.15, 0.2) is 53.0 Å². The third-order valence-electron chi connectivity index (χ3n) is 6.19. The van der Waals surface area contributed by atoms with Gasteiger partial charge in [0.05, 0.1) is 11.6 Å². The molecule has 0 amide bonds. The maximum atomic E-state index is 13.3. The van der Waals surface area contributed by atoms with E-state index in [1.54, 1.807) is 12.1 Å². The fourth-order valence-corrected chi connectivity index (χ4v) is 5.05. The second-order valence-corrected chi connectivity index (χ2v) is 8.92.